The van der Waals surface area contributed by atoms with E-state index in [9.17, 15) is 4.79 Å². The van der Waals surface area contributed by atoms with Gasteiger partial charge in [0.05, 0.1) is 5.41 Å². The van der Waals surface area contributed by atoms with Gasteiger partial charge in [-0.05, 0) is 55.9 Å². The lowest BCUT2D eigenvalue weighted by Gasteiger charge is -2.38. The normalized spacial score (nSPS) is 25.0. The minimum atomic E-state index is -0.264. The fourth-order valence-corrected chi connectivity index (χ4v) is 5.90. The molecule has 27 heavy (non-hydrogen) atoms. The van der Waals surface area contributed by atoms with Crippen LogP contribution in [0, 0.1) is 5.92 Å². The SMILES string of the molecule is O=C(N1CCC[C@@H](Cc2nc(C3CC3)no2)C1)C1(c2cccs2)CCCC1. The average Bonchev–Trinajstić information content (AvgIpc) is 3.12. The van der Waals surface area contributed by atoms with Gasteiger partial charge in [-0.25, -0.2) is 0 Å². The first-order valence-corrected chi connectivity index (χ1v) is 11.3. The van der Waals surface area contributed by atoms with E-state index in [4.69, 9.17) is 4.52 Å². The van der Waals surface area contributed by atoms with E-state index in [2.05, 4.69) is 32.6 Å². The van der Waals surface area contributed by atoms with Crippen LogP contribution in [0.4, 0.5) is 0 Å². The molecule has 0 N–H and O–H groups in total. The molecule has 5 rings (SSSR count). The number of amides is 1. The molecule has 1 saturated heterocycles. The van der Waals surface area contributed by atoms with Gasteiger partial charge in [-0.3, -0.25) is 4.79 Å². The third-order valence-electron chi connectivity index (χ3n) is 6.56. The zero-order valence-corrected chi connectivity index (χ0v) is 16.5. The monoisotopic (exact) mass is 385 g/mol. The second-order valence-electron chi connectivity index (χ2n) is 8.55. The topological polar surface area (TPSA) is 59.2 Å². The number of nitrogens with zero attached hydrogens (tertiary/aromatic N) is 3. The predicted octanol–water partition coefficient (Wildman–Crippen LogP) is 4.30. The molecule has 0 spiro atoms. The Morgan fingerprint density at radius 1 is 1.26 bits per heavy atom. The van der Waals surface area contributed by atoms with Crippen molar-refractivity contribution in [3.63, 3.8) is 0 Å². The smallest absolute Gasteiger partial charge is 0.234 e. The number of aromatic nitrogens is 2. The molecule has 2 saturated carbocycles. The molecule has 3 heterocycles. The Hall–Kier alpha value is -1.69. The van der Waals surface area contributed by atoms with Crippen LogP contribution in [-0.4, -0.2) is 34.0 Å². The molecule has 1 atom stereocenters. The number of piperidine rings is 1. The van der Waals surface area contributed by atoms with Crippen molar-refractivity contribution in [2.24, 2.45) is 5.92 Å². The third kappa shape index (κ3) is 3.33. The Morgan fingerprint density at radius 3 is 2.85 bits per heavy atom. The lowest BCUT2D eigenvalue weighted by Crippen LogP contribution is -2.49. The van der Waals surface area contributed by atoms with E-state index in [-0.39, 0.29) is 5.41 Å². The maximum Gasteiger partial charge on any atom is 0.234 e. The summed E-state index contributed by atoms with van der Waals surface area (Å²) in [6, 6.07) is 4.24. The van der Waals surface area contributed by atoms with E-state index in [0.29, 0.717) is 17.7 Å². The van der Waals surface area contributed by atoms with Gasteiger partial charge in [0.2, 0.25) is 11.8 Å². The number of hydrogen-bond acceptors (Lipinski definition) is 5. The van der Waals surface area contributed by atoms with E-state index in [0.717, 1.165) is 69.8 Å². The van der Waals surface area contributed by atoms with Crippen LogP contribution in [0.15, 0.2) is 22.0 Å². The van der Waals surface area contributed by atoms with Crippen molar-refractivity contribution in [2.45, 2.75) is 69.1 Å². The summed E-state index contributed by atoms with van der Waals surface area (Å²) in [5.74, 6) is 2.95. The Kier molecular flexibility index (Phi) is 4.54. The second kappa shape index (κ2) is 7.04. The van der Waals surface area contributed by atoms with Crippen LogP contribution in [0.3, 0.4) is 0 Å². The van der Waals surface area contributed by atoms with Crippen LogP contribution in [0.1, 0.15) is 73.9 Å². The summed E-state index contributed by atoms with van der Waals surface area (Å²) in [5, 5.41) is 6.25. The molecule has 3 aliphatic rings. The van der Waals surface area contributed by atoms with E-state index in [1.165, 1.54) is 17.7 Å². The van der Waals surface area contributed by atoms with Crippen molar-refractivity contribution in [1.29, 1.82) is 0 Å². The molecule has 144 valence electrons. The van der Waals surface area contributed by atoms with Crippen molar-refractivity contribution in [3.8, 4) is 0 Å². The highest BCUT2D eigenvalue weighted by Gasteiger charge is 2.46. The van der Waals surface area contributed by atoms with Gasteiger partial charge < -0.3 is 9.42 Å². The van der Waals surface area contributed by atoms with Crippen LogP contribution < -0.4 is 0 Å². The average molecular weight is 386 g/mol. The zero-order chi connectivity index (χ0) is 18.3. The Labute approximate surface area is 164 Å². The van der Waals surface area contributed by atoms with Crippen molar-refractivity contribution in [2.75, 3.05) is 13.1 Å². The number of likely N-dealkylation sites (tertiary alicyclic amines) is 1. The number of rotatable bonds is 5. The number of thiophene rings is 1. The first-order valence-electron chi connectivity index (χ1n) is 10.4. The molecule has 2 aromatic rings. The van der Waals surface area contributed by atoms with Crippen molar-refractivity contribution in [3.05, 3.63) is 34.1 Å². The fraction of sp³-hybridized carbons (Fsp3) is 0.667. The lowest BCUT2D eigenvalue weighted by molar-refractivity contribution is -0.139. The molecule has 5 nitrogen and oxygen atoms in total. The van der Waals surface area contributed by atoms with Crippen LogP contribution in [0.25, 0.3) is 0 Å². The summed E-state index contributed by atoms with van der Waals surface area (Å²) in [6.45, 7) is 1.71. The van der Waals surface area contributed by atoms with Crippen molar-refractivity contribution >= 4 is 17.2 Å². The van der Waals surface area contributed by atoms with Crippen LogP contribution in [0.2, 0.25) is 0 Å². The van der Waals surface area contributed by atoms with Gasteiger partial charge in [-0.15, -0.1) is 11.3 Å². The molecule has 1 amide bonds. The lowest BCUT2D eigenvalue weighted by atomic mass is 9.81. The molecular formula is C21H27N3O2S. The molecular weight excluding hydrogens is 358 g/mol. The summed E-state index contributed by atoms with van der Waals surface area (Å²) >= 11 is 1.75. The quantitative estimate of drug-likeness (QED) is 0.770. The highest BCUT2D eigenvalue weighted by molar-refractivity contribution is 7.10. The summed E-state index contributed by atoms with van der Waals surface area (Å²) in [5.41, 5.74) is -0.264. The van der Waals surface area contributed by atoms with E-state index in [1.54, 1.807) is 11.3 Å². The van der Waals surface area contributed by atoms with Gasteiger partial charge in [0.1, 0.15) is 0 Å². The molecule has 3 fully saturated rings. The molecule has 0 aromatic carbocycles. The van der Waals surface area contributed by atoms with E-state index in [1.807, 2.05) is 0 Å². The van der Waals surface area contributed by atoms with Gasteiger partial charge >= 0.3 is 0 Å². The standard InChI is InChI=1S/C21H27N3O2S/c25-20(21(9-1-2-10-21)17-6-4-12-27-17)24-11-3-5-15(14-24)13-18-22-19(23-26-18)16-7-8-16/h4,6,12,15-16H,1-3,5,7-11,13-14H2/t15-/m0/s1. The zero-order valence-electron chi connectivity index (χ0n) is 15.7. The molecule has 1 aliphatic heterocycles. The Bertz CT molecular complexity index is 790. The van der Waals surface area contributed by atoms with E-state index >= 15 is 0 Å². The minimum Gasteiger partial charge on any atom is -0.342 e. The molecule has 0 unspecified atom stereocenters. The molecule has 2 aromatic heterocycles. The second-order valence-corrected chi connectivity index (χ2v) is 9.50. The summed E-state index contributed by atoms with van der Waals surface area (Å²) < 4.78 is 5.48. The number of carbonyl (C=O) groups excluding carboxylic acids is 1. The fourth-order valence-electron chi connectivity index (χ4n) is 4.92. The van der Waals surface area contributed by atoms with Crippen molar-refractivity contribution in [1.82, 2.24) is 15.0 Å². The molecule has 6 heteroatoms. The Balaban J connectivity index is 1.29. The highest BCUT2D eigenvalue weighted by Crippen LogP contribution is 2.45. The first-order chi connectivity index (χ1) is 13.2. The maximum atomic E-state index is 13.6. The maximum absolute atomic E-state index is 13.6. The summed E-state index contributed by atoms with van der Waals surface area (Å²) in [6.07, 6.45) is 9.71. The largest absolute Gasteiger partial charge is 0.342 e. The highest BCUT2D eigenvalue weighted by atomic mass is 32.1. The molecule has 0 radical (unpaired) electrons. The number of hydrogen-bond donors (Lipinski definition) is 0. The van der Waals surface area contributed by atoms with Gasteiger partial charge in [0.25, 0.3) is 0 Å². The van der Waals surface area contributed by atoms with Gasteiger partial charge in [-0.1, -0.05) is 24.1 Å². The van der Waals surface area contributed by atoms with Gasteiger partial charge in [0.15, 0.2) is 5.82 Å². The predicted molar refractivity (Wildman–Crippen MR) is 104 cm³/mol. The van der Waals surface area contributed by atoms with Gasteiger partial charge in [0, 0.05) is 30.3 Å². The van der Waals surface area contributed by atoms with Crippen LogP contribution in [-0.2, 0) is 16.6 Å². The molecule has 2 aliphatic carbocycles. The summed E-state index contributed by atoms with van der Waals surface area (Å²) in [7, 11) is 0. The van der Waals surface area contributed by atoms with Crippen LogP contribution in [0.5, 0.6) is 0 Å². The number of carbonyl (C=O) groups is 1. The first kappa shape index (κ1) is 17.4. The Morgan fingerprint density at radius 2 is 2.11 bits per heavy atom. The minimum absolute atomic E-state index is 0.264. The van der Waals surface area contributed by atoms with Crippen LogP contribution >= 0.6 is 11.3 Å². The molecule has 0 bridgehead atoms. The third-order valence-corrected chi connectivity index (χ3v) is 7.63. The van der Waals surface area contributed by atoms with Crippen molar-refractivity contribution < 1.29 is 9.32 Å². The van der Waals surface area contributed by atoms with Gasteiger partial charge in [-0.2, -0.15) is 4.98 Å². The van der Waals surface area contributed by atoms with E-state index < -0.39 is 0 Å². The summed E-state index contributed by atoms with van der Waals surface area (Å²) in [4.78, 5) is 21.6.